The molecular formula is C20H14N2O4. The Bertz CT molecular complexity index is 1060. The number of carbonyl (C=O) groups is 1. The predicted molar refractivity (Wildman–Crippen MR) is 98.5 cm³/mol. The average Bonchev–Trinajstić information content (AvgIpc) is 3.21. The van der Waals surface area contributed by atoms with Gasteiger partial charge in [-0.15, -0.1) is 0 Å². The fraction of sp³-hybridized carbons (Fsp3) is 0.0500. The molecule has 6 nitrogen and oxygen atoms in total. The second kappa shape index (κ2) is 6.00. The lowest BCUT2D eigenvalue weighted by Gasteiger charge is -2.07. The van der Waals surface area contributed by atoms with E-state index in [1.54, 1.807) is 48.4 Å². The number of furan rings is 1. The summed E-state index contributed by atoms with van der Waals surface area (Å²) in [5.41, 5.74) is 2.59. The molecule has 0 atom stereocenters. The zero-order chi connectivity index (χ0) is 18.3. The van der Waals surface area contributed by atoms with Crippen LogP contribution < -0.4 is 4.90 Å². The molecule has 0 saturated carbocycles. The molecule has 1 aliphatic heterocycles. The van der Waals surface area contributed by atoms with E-state index in [1.807, 2.05) is 24.3 Å². The van der Waals surface area contributed by atoms with Gasteiger partial charge in [0.2, 0.25) is 0 Å². The minimum atomic E-state index is -0.443. The number of nitro groups is 1. The van der Waals surface area contributed by atoms with Gasteiger partial charge in [0.05, 0.1) is 21.7 Å². The highest BCUT2D eigenvalue weighted by atomic mass is 16.6. The maximum absolute atomic E-state index is 12.5. The van der Waals surface area contributed by atoms with Crippen molar-refractivity contribution in [3.8, 4) is 11.3 Å². The summed E-state index contributed by atoms with van der Waals surface area (Å²) >= 11 is 0. The second-order valence-electron chi connectivity index (χ2n) is 5.92. The first kappa shape index (κ1) is 15.8. The summed E-state index contributed by atoms with van der Waals surface area (Å²) in [6, 6.07) is 17.3. The number of benzene rings is 2. The molecule has 0 radical (unpaired) electrons. The van der Waals surface area contributed by atoms with Crippen molar-refractivity contribution in [3.05, 3.63) is 82.1 Å². The van der Waals surface area contributed by atoms with Gasteiger partial charge in [0, 0.05) is 18.7 Å². The zero-order valence-electron chi connectivity index (χ0n) is 13.9. The molecule has 0 saturated heterocycles. The van der Waals surface area contributed by atoms with Gasteiger partial charge in [-0.2, -0.15) is 0 Å². The number of carbonyl (C=O) groups excluding carboxylic acids is 1. The van der Waals surface area contributed by atoms with E-state index >= 15 is 0 Å². The summed E-state index contributed by atoms with van der Waals surface area (Å²) in [6.07, 6.45) is 1.67. The van der Waals surface area contributed by atoms with Crippen molar-refractivity contribution >= 4 is 28.9 Å². The Kier molecular flexibility index (Phi) is 3.65. The molecule has 2 aromatic carbocycles. The van der Waals surface area contributed by atoms with Crippen LogP contribution in [0.4, 0.5) is 11.4 Å². The molecule has 1 aromatic heterocycles. The predicted octanol–water partition coefficient (Wildman–Crippen LogP) is 4.37. The van der Waals surface area contributed by atoms with Crippen LogP contribution in [0.5, 0.6) is 0 Å². The first-order valence-electron chi connectivity index (χ1n) is 7.99. The number of amides is 1. The summed E-state index contributed by atoms with van der Waals surface area (Å²) < 4.78 is 5.77. The average molecular weight is 346 g/mol. The number of likely N-dealkylation sites (N-methyl/N-ethyl adjacent to an activating group) is 1. The van der Waals surface area contributed by atoms with Gasteiger partial charge in [-0.25, -0.2) is 0 Å². The Morgan fingerprint density at radius 1 is 1.00 bits per heavy atom. The van der Waals surface area contributed by atoms with Gasteiger partial charge in [0.25, 0.3) is 11.6 Å². The van der Waals surface area contributed by atoms with E-state index in [4.69, 9.17) is 4.42 Å². The first-order chi connectivity index (χ1) is 12.6. The molecule has 0 aliphatic carbocycles. The van der Waals surface area contributed by atoms with Crippen LogP contribution in [0.2, 0.25) is 0 Å². The highest BCUT2D eigenvalue weighted by Gasteiger charge is 2.29. The van der Waals surface area contributed by atoms with Crippen LogP contribution in [-0.2, 0) is 4.79 Å². The fourth-order valence-electron chi connectivity index (χ4n) is 3.10. The molecule has 128 valence electrons. The van der Waals surface area contributed by atoms with Crippen LogP contribution in [0.3, 0.4) is 0 Å². The van der Waals surface area contributed by atoms with Gasteiger partial charge >= 0.3 is 0 Å². The molecule has 6 heteroatoms. The lowest BCUT2D eigenvalue weighted by Crippen LogP contribution is -2.20. The first-order valence-corrected chi connectivity index (χ1v) is 7.99. The van der Waals surface area contributed by atoms with Gasteiger partial charge < -0.3 is 9.32 Å². The van der Waals surface area contributed by atoms with E-state index in [0.717, 1.165) is 11.3 Å². The summed E-state index contributed by atoms with van der Waals surface area (Å²) in [6.45, 7) is 0. The van der Waals surface area contributed by atoms with Crippen molar-refractivity contribution in [3.63, 3.8) is 0 Å². The van der Waals surface area contributed by atoms with Gasteiger partial charge in [-0.05, 0) is 30.3 Å². The van der Waals surface area contributed by atoms with Crippen molar-refractivity contribution in [2.75, 3.05) is 11.9 Å². The lowest BCUT2D eigenvalue weighted by atomic mass is 10.1. The van der Waals surface area contributed by atoms with E-state index in [0.29, 0.717) is 22.7 Å². The molecule has 1 amide bonds. The Morgan fingerprint density at radius 2 is 1.69 bits per heavy atom. The van der Waals surface area contributed by atoms with Crippen LogP contribution in [-0.4, -0.2) is 17.9 Å². The van der Waals surface area contributed by atoms with Gasteiger partial charge in [0.15, 0.2) is 0 Å². The Labute approximate surface area is 149 Å². The molecule has 0 N–H and O–H groups in total. The molecule has 0 bridgehead atoms. The number of nitrogens with zero attached hydrogens (tertiary/aromatic N) is 2. The van der Waals surface area contributed by atoms with Crippen molar-refractivity contribution in [2.45, 2.75) is 0 Å². The molecule has 0 fully saturated rings. The van der Waals surface area contributed by atoms with Gasteiger partial charge in [-0.3, -0.25) is 14.9 Å². The normalized spacial score (nSPS) is 14.7. The molecule has 3 aromatic rings. The molecule has 1 aliphatic rings. The van der Waals surface area contributed by atoms with Crippen LogP contribution >= 0.6 is 0 Å². The van der Waals surface area contributed by atoms with Crippen molar-refractivity contribution < 1.29 is 14.1 Å². The quantitative estimate of drug-likeness (QED) is 0.401. The maximum atomic E-state index is 12.5. The lowest BCUT2D eigenvalue weighted by molar-refractivity contribution is -0.384. The molecule has 2 heterocycles. The molecule has 0 spiro atoms. The smallest absolute Gasteiger partial charge is 0.280 e. The Morgan fingerprint density at radius 3 is 2.46 bits per heavy atom. The second-order valence-corrected chi connectivity index (χ2v) is 5.92. The van der Waals surface area contributed by atoms with Crippen molar-refractivity contribution in [1.82, 2.24) is 0 Å². The van der Waals surface area contributed by atoms with Crippen LogP contribution in [0.1, 0.15) is 11.3 Å². The number of nitro benzene ring substituents is 1. The molecule has 26 heavy (non-hydrogen) atoms. The highest BCUT2D eigenvalue weighted by molar-refractivity contribution is 6.35. The monoisotopic (exact) mass is 346 g/mol. The van der Waals surface area contributed by atoms with Crippen molar-refractivity contribution in [2.24, 2.45) is 0 Å². The Hall–Kier alpha value is -3.67. The van der Waals surface area contributed by atoms with E-state index < -0.39 is 4.92 Å². The number of anilines is 1. The summed E-state index contributed by atoms with van der Waals surface area (Å²) in [7, 11) is 1.73. The Balaban J connectivity index is 1.76. The molecular weight excluding hydrogens is 332 g/mol. The standard InChI is InChI=1S/C20H14N2O4/c1-21-17-8-4-2-6-14(17)16(20(21)23)12-13-10-11-19(26-13)15-7-3-5-9-18(15)22(24)25/h2-12H,1H3/b16-12-. The fourth-order valence-corrected chi connectivity index (χ4v) is 3.10. The SMILES string of the molecule is CN1C(=O)/C(=C\c2ccc(-c3ccccc3[N+](=O)[O-])o2)c2ccccc21. The number of rotatable bonds is 3. The number of fused-ring (bicyclic) bond motifs is 1. The number of hydrogen-bond donors (Lipinski definition) is 0. The minimum Gasteiger partial charge on any atom is -0.456 e. The third-order valence-electron chi connectivity index (χ3n) is 4.37. The van der Waals surface area contributed by atoms with Gasteiger partial charge in [-0.1, -0.05) is 30.3 Å². The van der Waals surface area contributed by atoms with E-state index in [-0.39, 0.29) is 11.6 Å². The maximum Gasteiger partial charge on any atom is 0.280 e. The summed E-state index contributed by atoms with van der Waals surface area (Å²) in [4.78, 5) is 24.9. The van der Waals surface area contributed by atoms with Crippen LogP contribution in [0, 0.1) is 10.1 Å². The number of hydrogen-bond acceptors (Lipinski definition) is 4. The van der Waals surface area contributed by atoms with Crippen LogP contribution in [0.15, 0.2) is 65.1 Å². The molecule has 4 rings (SSSR count). The van der Waals surface area contributed by atoms with Crippen molar-refractivity contribution in [1.29, 1.82) is 0 Å². The largest absolute Gasteiger partial charge is 0.456 e. The number of para-hydroxylation sites is 2. The van der Waals surface area contributed by atoms with E-state index in [2.05, 4.69) is 0 Å². The van der Waals surface area contributed by atoms with Crippen LogP contribution in [0.25, 0.3) is 23.0 Å². The summed E-state index contributed by atoms with van der Waals surface area (Å²) in [5, 5.41) is 11.2. The zero-order valence-corrected chi connectivity index (χ0v) is 13.9. The molecule has 0 unspecified atom stereocenters. The van der Waals surface area contributed by atoms with E-state index in [1.165, 1.54) is 6.07 Å². The third-order valence-corrected chi connectivity index (χ3v) is 4.37. The minimum absolute atomic E-state index is 0.0249. The highest BCUT2D eigenvalue weighted by Crippen LogP contribution is 2.37. The topological polar surface area (TPSA) is 76.6 Å². The third kappa shape index (κ3) is 2.48. The van der Waals surface area contributed by atoms with Gasteiger partial charge in [0.1, 0.15) is 11.5 Å². The van der Waals surface area contributed by atoms with E-state index in [9.17, 15) is 14.9 Å². The summed E-state index contributed by atoms with van der Waals surface area (Å²) in [5.74, 6) is 0.734.